The topological polar surface area (TPSA) is 35.5 Å². The van der Waals surface area contributed by atoms with Gasteiger partial charge in [0.15, 0.2) is 0 Å². The Bertz CT molecular complexity index is 400. The molecule has 0 aliphatic carbocycles. The maximum absolute atomic E-state index is 11.3. The molecular formula is C12H12O3. The van der Waals surface area contributed by atoms with Crippen LogP contribution in [0.4, 0.5) is 0 Å². The van der Waals surface area contributed by atoms with Crippen LogP contribution in [0, 0.1) is 5.92 Å². The Labute approximate surface area is 88.0 Å². The van der Waals surface area contributed by atoms with Gasteiger partial charge in [0, 0.05) is 17.9 Å². The zero-order valence-corrected chi connectivity index (χ0v) is 8.31. The molecule has 2 unspecified atom stereocenters. The smallest absolute Gasteiger partial charge is 0.306 e. The number of rotatable bonds is 0. The fourth-order valence-electron chi connectivity index (χ4n) is 2.28. The lowest BCUT2D eigenvalue weighted by Gasteiger charge is -2.35. The van der Waals surface area contributed by atoms with Crippen molar-refractivity contribution < 1.29 is 14.3 Å². The van der Waals surface area contributed by atoms with Crippen molar-refractivity contribution in [1.82, 2.24) is 0 Å². The average molecular weight is 204 g/mol. The van der Waals surface area contributed by atoms with Crippen molar-refractivity contribution in [3.8, 4) is 5.75 Å². The molecule has 1 aromatic carbocycles. The van der Waals surface area contributed by atoms with Gasteiger partial charge in [0.2, 0.25) is 0 Å². The molecule has 78 valence electrons. The number of carbonyl (C=O) groups is 1. The number of esters is 1. The molecule has 0 N–H and O–H groups in total. The van der Waals surface area contributed by atoms with Crippen LogP contribution in [0.3, 0.4) is 0 Å². The summed E-state index contributed by atoms with van der Waals surface area (Å²) >= 11 is 0. The van der Waals surface area contributed by atoms with Gasteiger partial charge in [-0.3, -0.25) is 4.79 Å². The maximum atomic E-state index is 11.3. The van der Waals surface area contributed by atoms with Crippen molar-refractivity contribution in [2.24, 2.45) is 5.92 Å². The first-order valence-corrected chi connectivity index (χ1v) is 5.26. The summed E-state index contributed by atoms with van der Waals surface area (Å²) in [5, 5.41) is 0. The van der Waals surface area contributed by atoms with Crippen LogP contribution in [0.5, 0.6) is 5.75 Å². The van der Waals surface area contributed by atoms with Crippen LogP contribution < -0.4 is 4.74 Å². The van der Waals surface area contributed by atoms with E-state index in [-0.39, 0.29) is 12.1 Å². The highest BCUT2D eigenvalue weighted by Gasteiger charge is 2.37. The molecule has 3 heteroatoms. The fraction of sp³-hybridized carbons (Fsp3) is 0.417. The van der Waals surface area contributed by atoms with E-state index < -0.39 is 0 Å². The standard InChI is InChI=1S/C12H12O3/c13-11-6-5-8-7-14-10-4-2-1-3-9(10)12(8)15-11/h1-4,8,12H,5-7H2. The molecule has 3 nitrogen and oxygen atoms in total. The third-order valence-electron chi connectivity index (χ3n) is 3.08. The summed E-state index contributed by atoms with van der Waals surface area (Å²) in [6.45, 7) is 0.662. The zero-order valence-electron chi connectivity index (χ0n) is 8.31. The summed E-state index contributed by atoms with van der Waals surface area (Å²) in [6, 6.07) is 7.79. The number of hydrogen-bond acceptors (Lipinski definition) is 3. The van der Waals surface area contributed by atoms with Gasteiger partial charge in [-0.05, 0) is 12.5 Å². The van der Waals surface area contributed by atoms with E-state index in [1.54, 1.807) is 0 Å². The minimum absolute atomic E-state index is 0.0869. The molecule has 0 amide bonds. The molecule has 1 saturated heterocycles. The van der Waals surface area contributed by atoms with Crippen molar-refractivity contribution in [2.45, 2.75) is 18.9 Å². The van der Waals surface area contributed by atoms with Crippen LogP contribution in [0.15, 0.2) is 24.3 Å². The lowest BCUT2D eigenvalue weighted by molar-refractivity contribution is -0.161. The van der Waals surface area contributed by atoms with E-state index in [2.05, 4.69) is 0 Å². The van der Waals surface area contributed by atoms with E-state index in [4.69, 9.17) is 9.47 Å². The van der Waals surface area contributed by atoms with Crippen molar-refractivity contribution in [1.29, 1.82) is 0 Å². The number of fused-ring (bicyclic) bond motifs is 3. The van der Waals surface area contributed by atoms with Gasteiger partial charge in [0.25, 0.3) is 0 Å². The Morgan fingerprint density at radius 2 is 2.13 bits per heavy atom. The second-order valence-corrected chi connectivity index (χ2v) is 4.06. The number of ether oxygens (including phenoxy) is 2. The second kappa shape index (κ2) is 3.26. The highest BCUT2D eigenvalue weighted by atomic mass is 16.6. The molecule has 0 spiro atoms. The Morgan fingerprint density at radius 3 is 3.07 bits per heavy atom. The summed E-state index contributed by atoms with van der Waals surface area (Å²) < 4.78 is 11.0. The number of carbonyl (C=O) groups excluding carboxylic acids is 1. The zero-order chi connectivity index (χ0) is 10.3. The van der Waals surface area contributed by atoms with Crippen molar-refractivity contribution in [3.63, 3.8) is 0 Å². The van der Waals surface area contributed by atoms with E-state index >= 15 is 0 Å². The molecule has 0 aromatic heterocycles. The third-order valence-corrected chi connectivity index (χ3v) is 3.08. The van der Waals surface area contributed by atoms with Gasteiger partial charge >= 0.3 is 5.97 Å². The van der Waals surface area contributed by atoms with Gasteiger partial charge in [-0.25, -0.2) is 0 Å². The molecule has 0 radical (unpaired) electrons. The second-order valence-electron chi connectivity index (χ2n) is 4.06. The van der Waals surface area contributed by atoms with E-state index in [1.807, 2.05) is 24.3 Å². The minimum Gasteiger partial charge on any atom is -0.493 e. The van der Waals surface area contributed by atoms with Gasteiger partial charge in [0.05, 0.1) is 6.61 Å². The number of hydrogen-bond donors (Lipinski definition) is 0. The summed E-state index contributed by atoms with van der Waals surface area (Å²) in [6.07, 6.45) is 1.31. The lowest BCUT2D eigenvalue weighted by Crippen LogP contribution is -2.33. The Morgan fingerprint density at radius 1 is 1.27 bits per heavy atom. The maximum Gasteiger partial charge on any atom is 0.306 e. The van der Waals surface area contributed by atoms with Gasteiger partial charge < -0.3 is 9.47 Å². The van der Waals surface area contributed by atoms with Gasteiger partial charge in [-0.2, -0.15) is 0 Å². The van der Waals surface area contributed by atoms with Crippen LogP contribution in [-0.2, 0) is 9.53 Å². The number of para-hydroxylation sites is 1. The molecule has 0 saturated carbocycles. The van der Waals surface area contributed by atoms with Gasteiger partial charge in [-0.15, -0.1) is 0 Å². The first-order valence-electron chi connectivity index (χ1n) is 5.26. The summed E-state index contributed by atoms with van der Waals surface area (Å²) in [5.41, 5.74) is 1.02. The average Bonchev–Trinajstić information content (AvgIpc) is 2.29. The molecule has 2 aliphatic heterocycles. The molecular weight excluding hydrogens is 192 g/mol. The van der Waals surface area contributed by atoms with Crippen LogP contribution in [0.25, 0.3) is 0 Å². The van der Waals surface area contributed by atoms with Crippen LogP contribution in [-0.4, -0.2) is 12.6 Å². The van der Waals surface area contributed by atoms with Gasteiger partial charge in [0.1, 0.15) is 11.9 Å². The minimum atomic E-state index is -0.0899. The third kappa shape index (κ3) is 1.39. The van der Waals surface area contributed by atoms with Crippen molar-refractivity contribution >= 4 is 5.97 Å². The molecule has 2 heterocycles. The molecule has 3 rings (SSSR count). The first kappa shape index (κ1) is 8.77. The van der Waals surface area contributed by atoms with E-state index in [9.17, 15) is 4.79 Å². The largest absolute Gasteiger partial charge is 0.493 e. The Kier molecular flexibility index (Phi) is 1.91. The first-order chi connectivity index (χ1) is 7.34. The van der Waals surface area contributed by atoms with E-state index in [1.165, 1.54) is 0 Å². The lowest BCUT2D eigenvalue weighted by atomic mass is 9.88. The summed E-state index contributed by atoms with van der Waals surface area (Å²) in [4.78, 5) is 11.3. The molecule has 2 atom stereocenters. The highest BCUT2D eigenvalue weighted by molar-refractivity contribution is 5.70. The summed E-state index contributed by atoms with van der Waals surface area (Å²) in [5.74, 6) is 1.10. The molecule has 1 fully saturated rings. The SMILES string of the molecule is O=C1CCC2COc3ccccc3C2O1. The Hall–Kier alpha value is -1.51. The predicted molar refractivity (Wildman–Crippen MR) is 53.5 cm³/mol. The molecule has 2 aliphatic rings. The van der Waals surface area contributed by atoms with Gasteiger partial charge in [-0.1, -0.05) is 18.2 Å². The monoisotopic (exact) mass is 204 g/mol. The van der Waals surface area contributed by atoms with Crippen molar-refractivity contribution in [3.05, 3.63) is 29.8 Å². The summed E-state index contributed by atoms with van der Waals surface area (Å²) in [7, 11) is 0. The molecule has 15 heavy (non-hydrogen) atoms. The normalized spacial score (nSPS) is 28.4. The van der Waals surface area contributed by atoms with E-state index in [0.717, 1.165) is 17.7 Å². The van der Waals surface area contributed by atoms with E-state index in [0.29, 0.717) is 18.9 Å². The van der Waals surface area contributed by atoms with Crippen LogP contribution in [0.2, 0.25) is 0 Å². The van der Waals surface area contributed by atoms with Crippen LogP contribution in [0.1, 0.15) is 24.5 Å². The fourth-order valence-corrected chi connectivity index (χ4v) is 2.28. The highest BCUT2D eigenvalue weighted by Crippen LogP contribution is 2.42. The Balaban J connectivity index is 2.00. The molecule has 1 aromatic rings. The molecule has 0 bridgehead atoms. The predicted octanol–water partition coefficient (Wildman–Crippen LogP) is 2.07. The van der Waals surface area contributed by atoms with Crippen molar-refractivity contribution in [2.75, 3.05) is 6.61 Å². The number of benzene rings is 1. The van der Waals surface area contributed by atoms with Crippen LogP contribution >= 0.6 is 0 Å². The quantitative estimate of drug-likeness (QED) is 0.607.